The van der Waals surface area contributed by atoms with Crippen molar-refractivity contribution < 1.29 is 14.0 Å². The summed E-state index contributed by atoms with van der Waals surface area (Å²) in [5.41, 5.74) is 2.65. The van der Waals surface area contributed by atoms with Crippen LogP contribution in [0, 0.1) is 5.82 Å². The van der Waals surface area contributed by atoms with Gasteiger partial charge in [0.1, 0.15) is 5.82 Å². The van der Waals surface area contributed by atoms with Gasteiger partial charge in [0.05, 0.1) is 12.2 Å². The van der Waals surface area contributed by atoms with Crippen molar-refractivity contribution in [2.24, 2.45) is 0 Å². The van der Waals surface area contributed by atoms with Crippen molar-refractivity contribution in [3.05, 3.63) is 47.0 Å². The van der Waals surface area contributed by atoms with Crippen molar-refractivity contribution >= 4 is 11.8 Å². The minimum atomic E-state index is -0.355. The third-order valence-corrected chi connectivity index (χ3v) is 4.45. The van der Waals surface area contributed by atoms with E-state index in [1.165, 1.54) is 17.0 Å². The normalized spacial score (nSPS) is 13.4. The highest BCUT2D eigenvalue weighted by molar-refractivity contribution is 5.96. The Morgan fingerprint density at radius 2 is 1.89 bits per heavy atom. The molecule has 1 heterocycles. The molecule has 0 unspecified atom stereocenters. The summed E-state index contributed by atoms with van der Waals surface area (Å²) in [6.45, 7) is 5.65. The van der Waals surface area contributed by atoms with Gasteiger partial charge in [-0.3, -0.25) is 9.59 Å². The number of amides is 2. The van der Waals surface area contributed by atoms with E-state index in [-0.39, 0.29) is 29.7 Å². The fraction of sp³-hybridized carbons (Fsp3) is 0.450. The standard InChI is InChI=1S/C20H25FN4O2/c1-20(2,3)22-17(26)12-24(4)19(27)18-15-6-5-7-16(15)25(23-18)14-10-8-13(21)9-11-14/h8-11H,5-7,12H2,1-4H3,(H,22,26). The highest BCUT2D eigenvalue weighted by Crippen LogP contribution is 2.28. The molecule has 7 heteroatoms. The number of nitrogens with one attached hydrogen (secondary N) is 1. The molecule has 0 spiro atoms. The summed E-state index contributed by atoms with van der Waals surface area (Å²) in [5, 5.41) is 7.36. The largest absolute Gasteiger partial charge is 0.350 e. The zero-order valence-corrected chi connectivity index (χ0v) is 16.2. The van der Waals surface area contributed by atoms with Gasteiger partial charge in [0.25, 0.3) is 5.91 Å². The topological polar surface area (TPSA) is 67.2 Å². The van der Waals surface area contributed by atoms with E-state index in [9.17, 15) is 14.0 Å². The number of carbonyl (C=O) groups excluding carboxylic acids is 2. The van der Waals surface area contributed by atoms with Crippen LogP contribution in [0.3, 0.4) is 0 Å². The second-order valence-corrected chi connectivity index (χ2v) is 7.98. The lowest BCUT2D eigenvalue weighted by Crippen LogP contribution is -2.46. The van der Waals surface area contributed by atoms with Crippen LogP contribution < -0.4 is 5.32 Å². The number of hydrogen-bond acceptors (Lipinski definition) is 3. The molecule has 0 radical (unpaired) electrons. The molecule has 0 saturated heterocycles. The number of hydrogen-bond donors (Lipinski definition) is 1. The first-order valence-corrected chi connectivity index (χ1v) is 9.09. The molecule has 0 aliphatic heterocycles. The highest BCUT2D eigenvalue weighted by Gasteiger charge is 2.29. The minimum Gasteiger partial charge on any atom is -0.350 e. The third-order valence-electron chi connectivity index (χ3n) is 4.45. The van der Waals surface area contributed by atoms with E-state index in [0.717, 1.165) is 36.2 Å². The number of rotatable bonds is 4. The zero-order chi connectivity index (χ0) is 19.8. The maximum absolute atomic E-state index is 13.2. The molecule has 2 amide bonds. The summed E-state index contributed by atoms with van der Waals surface area (Å²) in [7, 11) is 1.60. The fourth-order valence-corrected chi connectivity index (χ4v) is 3.33. The summed E-state index contributed by atoms with van der Waals surface area (Å²) >= 11 is 0. The van der Waals surface area contributed by atoms with Crippen LogP contribution in [0.4, 0.5) is 4.39 Å². The maximum Gasteiger partial charge on any atom is 0.274 e. The smallest absolute Gasteiger partial charge is 0.274 e. The van der Waals surface area contributed by atoms with Gasteiger partial charge in [0, 0.05) is 23.8 Å². The molecule has 0 bridgehead atoms. The van der Waals surface area contributed by atoms with E-state index in [4.69, 9.17) is 0 Å². The van der Waals surface area contributed by atoms with Crippen LogP contribution in [0.5, 0.6) is 0 Å². The average Bonchev–Trinajstić information content (AvgIpc) is 3.15. The Balaban J connectivity index is 1.84. The van der Waals surface area contributed by atoms with Gasteiger partial charge >= 0.3 is 0 Å². The molecule has 144 valence electrons. The number of likely N-dealkylation sites (N-methyl/N-ethyl adjacent to an activating group) is 1. The predicted molar refractivity (Wildman–Crippen MR) is 100 cm³/mol. The Kier molecular flexibility index (Phi) is 5.04. The molecule has 27 heavy (non-hydrogen) atoms. The van der Waals surface area contributed by atoms with Gasteiger partial charge in [-0.1, -0.05) is 0 Å². The van der Waals surface area contributed by atoms with Gasteiger partial charge < -0.3 is 10.2 Å². The van der Waals surface area contributed by atoms with Crippen molar-refractivity contribution in [2.45, 2.75) is 45.6 Å². The summed E-state index contributed by atoms with van der Waals surface area (Å²) in [5.74, 6) is -0.811. The van der Waals surface area contributed by atoms with Crippen molar-refractivity contribution in [3.8, 4) is 5.69 Å². The minimum absolute atomic E-state index is 0.0334. The first-order valence-electron chi connectivity index (χ1n) is 9.09. The molecule has 3 rings (SSSR count). The van der Waals surface area contributed by atoms with E-state index >= 15 is 0 Å². The molecule has 1 N–H and O–H groups in total. The quantitative estimate of drug-likeness (QED) is 0.897. The number of fused-ring (bicyclic) bond motifs is 1. The second kappa shape index (κ2) is 7.13. The summed E-state index contributed by atoms with van der Waals surface area (Å²) in [4.78, 5) is 26.4. The lowest BCUT2D eigenvalue weighted by atomic mass is 10.1. The van der Waals surface area contributed by atoms with Crippen LogP contribution in [0.15, 0.2) is 24.3 Å². The molecule has 1 aliphatic carbocycles. The van der Waals surface area contributed by atoms with Crippen molar-refractivity contribution in [2.75, 3.05) is 13.6 Å². The lowest BCUT2D eigenvalue weighted by Gasteiger charge is -2.23. The number of halogens is 1. The Morgan fingerprint density at radius 3 is 2.52 bits per heavy atom. The van der Waals surface area contributed by atoms with E-state index in [1.807, 2.05) is 20.8 Å². The van der Waals surface area contributed by atoms with Gasteiger partial charge in [-0.2, -0.15) is 5.10 Å². The lowest BCUT2D eigenvalue weighted by molar-refractivity contribution is -0.122. The first-order chi connectivity index (χ1) is 12.7. The maximum atomic E-state index is 13.2. The molecule has 1 aromatic carbocycles. The van der Waals surface area contributed by atoms with E-state index in [1.54, 1.807) is 23.9 Å². The molecule has 0 fully saturated rings. The molecule has 0 saturated carbocycles. The summed E-state index contributed by atoms with van der Waals surface area (Å²) in [6.07, 6.45) is 2.55. The van der Waals surface area contributed by atoms with Crippen LogP contribution in [0.2, 0.25) is 0 Å². The first kappa shape index (κ1) is 19.1. The summed E-state index contributed by atoms with van der Waals surface area (Å²) < 4.78 is 14.9. The Hall–Kier alpha value is -2.70. The number of benzene rings is 1. The molecule has 0 atom stereocenters. The third kappa shape index (κ3) is 4.18. The number of nitrogens with zero attached hydrogens (tertiary/aromatic N) is 3. The number of carbonyl (C=O) groups is 2. The number of aromatic nitrogens is 2. The predicted octanol–water partition coefficient (Wildman–Crippen LogP) is 2.49. The van der Waals surface area contributed by atoms with Crippen LogP contribution in [0.1, 0.15) is 48.9 Å². The second-order valence-electron chi connectivity index (χ2n) is 7.98. The van der Waals surface area contributed by atoms with Crippen LogP contribution in [-0.4, -0.2) is 45.6 Å². The van der Waals surface area contributed by atoms with Gasteiger partial charge in [-0.05, 0) is 64.3 Å². The van der Waals surface area contributed by atoms with Crippen LogP contribution >= 0.6 is 0 Å². The molecular weight excluding hydrogens is 347 g/mol. The van der Waals surface area contributed by atoms with E-state index in [2.05, 4.69) is 10.4 Å². The average molecular weight is 372 g/mol. The van der Waals surface area contributed by atoms with Gasteiger partial charge in [0.2, 0.25) is 5.91 Å². The molecule has 1 aromatic heterocycles. The Labute approximate surface area is 158 Å². The van der Waals surface area contributed by atoms with Crippen LogP contribution in [-0.2, 0) is 17.6 Å². The summed E-state index contributed by atoms with van der Waals surface area (Å²) in [6, 6.07) is 6.05. The molecule has 1 aliphatic rings. The van der Waals surface area contributed by atoms with Crippen molar-refractivity contribution in [3.63, 3.8) is 0 Å². The van der Waals surface area contributed by atoms with E-state index in [0.29, 0.717) is 5.69 Å². The molecule has 6 nitrogen and oxygen atoms in total. The fourth-order valence-electron chi connectivity index (χ4n) is 3.33. The molecule has 2 aromatic rings. The van der Waals surface area contributed by atoms with Gasteiger partial charge in [0.15, 0.2) is 5.69 Å². The SMILES string of the molecule is CN(CC(=O)NC(C)(C)C)C(=O)c1nn(-c2ccc(F)cc2)c2c1CCC2. The van der Waals surface area contributed by atoms with Crippen molar-refractivity contribution in [1.29, 1.82) is 0 Å². The Bertz CT molecular complexity index is 865. The highest BCUT2D eigenvalue weighted by atomic mass is 19.1. The van der Waals surface area contributed by atoms with E-state index < -0.39 is 0 Å². The van der Waals surface area contributed by atoms with Gasteiger partial charge in [-0.15, -0.1) is 0 Å². The zero-order valence-electron chi connectivity index (χ0n) is 16.2. The van der Waals surface area contributed by atoms with Crippen LogP contribution in [0.25, 0.3) is 5.69 Å². The van der Waals surface area contributed by atoms with Crippen molar-refractivity contribution in [1.82, 2.24) is 20.0 Å². The molecular formula is C20H25FN4O2. The monoisotopic (exact) mass is 372 g/mol. The van der Waals surface area contributed by atoms with Gasteiger partial charge in [-0.25, -0.2) is 9.07 Å². The Morgan fingerprint density at radius 1 is 1.22 bits per heavy atom.